The third kappa shape index (κ3) is 6.73. The van der Waals surface area contributed by atoms with E-state index in [0.29, 0.717) is 40.6 Å². The standard InChI is InChI=1S/C24H24N4O4S2/c1-15-5-7-19(11-16(15)2)31-9-10-32-20-8-6-17(13-21(20)30-3)12-18(14-25)22(29)26-23-27-24(33-4)28-34-23/h5-8,11-13H,9-10H2,1-4H3,(H,26,27,28,29). The van der Waals surface area contributed by atoms with Crippen molar-refractivity contribution < 1.29 is 19.0 Å². The molecule has 0 atom stereocenters. The number of ether oxygens (including phenoxy) is 3. The maximum absolute atomic E-state index is 12.5. The van der Waals surface area contributed by atoms with Crippen LogP contribution in [-0.2, 0) is 4.79 Å². The van der Waals surface area contributed by atoms with Crippen molar-refractivity contribution in [2.75, 3.05) is 31.9 Å². The van der Waals surface area contributed by atoms with Crippen molar-refractivity contribution in [3.63, 3.8) is 0 Å². The van der Waals surface area contributed by atoms with E-state index in [9.17, 15) is 10.1 Å². The Morgan fingerprint density at radius 2 is 1.94 bits per heavy atom. The SMILES string of the molecule is COc1cc(C=C(C#N)C(=O)Nc2nc(SC)ns2)ccc1OCCOc1ccc(C)c(C)c1. The number of nitrogens with one attached hydrogen (secondary N) is 1. The monoisotopic (exact) mass is 496 g/mol. The van der Waals surface area contributed by atoms with Gasteiger partial charge in [-0.2, -0.15) is 14.6 Å². The zero-order valence-electron chi connectivity index (χ0n) is 19.2. The van der Waals surface area contributed by atoms with Gasteiger partial charge in [0, 0.05) is 11.5 Å². The van der Waals surface area contributed by atoms with E-state index in [1.165, 1.54) is 36.1 Å². The summed E-state index contributed by atoms with van der Waals surface area (Å²) in [4.78, 5) is 16.6. The highest BCUT2D eigenvalue weighted by Gasteiger charge is 2.14. The molecule has 0 saturated carbocycles. The van der Waals surface area contributed by atoms with Crippen molar-refractivity contribution >= 4 is 40.4 Å². The number of carbonyl (C=O) groups excluding carboxylic acids is 1. The number of rotatable bonds is 10. The number of amides is 1. The first-order valence-corrected chi connectivity index (χ1v) is 12.2. The maximum Gasteiger partial charge on any atom is 0.268 e. The van der Waals surface area contributed by atoms with Gasteiger partial charge in [-0.1, -0.05) is 23.9 Å². The molecule has 0 aliphatic rings. The number of thioether (sulfide) groups is 1. The van der Waals surface area contributed by atoms with Crippen LogP contribution in [-0.4, -0.2) is 41.8 Å². The molecule has 0 aliphatic heterocycles. The van der Waals surface area contributed by atoms with Crippen LogP contribution in [0.5, 0.6) is 17.2 Å². The minimum absolute atomic E-state index is 0.0709. The van der Waals surface area contributed by atoms with Gasteiger partial charge in [0.15, 0.2) is 11.5 Å². The first-order valence-electron chi connectivity index (χ1n) is 10.2. The van der Waals surface area contributed by atoms with Gasteiger partial charge in [0.1, 0.15) is 30.6 Å². The van der Waals surface area contributed by atoms with Crippen molar-refractivity contribution in [2.45, 2.75) is 19.0 Å². The highest BCUT2D eigenvalue weighted by atomic mass is 32.2. The Balaban J connectivity index is 1.62. The summed E-state index contributed by atoms with van der Waals surface area (Å²) in [6.07, 6.45) is 3.31. The molecule has 34 heavy (non-hydrogen) atoms. The van der Waals surface area contributed by atoms with Crippen LogP contribution in [0, 0.1) is 25.2 Å². The highest BCUT2D eigenvalue weighted by Crippen LogP contribution is 2.29. The van der Waals surface area contributed by atoms with Crippen molar-refractivity contribution in [2.24, 2.45) is 0 Å². The molecule has 3 aromatic rings. The predicted octanol–water partition coefficient (Wildman–Crippen LogP) is 4.89. The topological polar surface area (TPSA) is 106 Å². The van der Waals surface area contributed by atoms with Gasteiger partial charge >= 0.3 is 0 Å². The molecule has 1 heterocycles. The van der Waals surface area contributed by atoms with E-state index >= 15 is 0 Å². The second-order valence-electron chi connectivity index (χ2n) is 7.06. The van der Waals surface area contributed by atoms with E-state index < -0.39 is 5.91 Å². The number of methoxy groups -OCH3 is 1. The molecule has 0 aliphatic carbocycles. The molecular formula is C24H24N4O4S2. The lowest BCUT2D eigenvalue weighted by molar-refractivity contribution is -0.112. The summed E-state index contributed by atoms with van der Waals surface area (Å²) in [6.45, 7) is 4.79. The van der Waals surface area contributed by atoms with Crippen LogP contribution >= 0.6 is 23.3 Å². The number of carbonyl (C=O) groups is 1. The van der Waals surface area contributed by atoms with Crippen molar-refractivity contribution in [3.8, 4) is 23.3 Å². The van der Waals surface area contributed by atoms with E-state index in [-0.39, 0.29) is 5.57 Å². The van der Waals surface area contributed by atoms with Gasteiger partial charge in [0.05, 0.1) is 7.11 Å². The Morgan fingerprint density at radius 1 is 1.15 bits per heavy atom. The summed E-state index contributed by atoms with van der Waals surface area (Å²) >= 11 is 2.43. The molecule has 0 bridgehead atoms. The highest BCUT2D eigenvalue weighted by molar-refractivity contribution is 7.98. The second-order valence-corrected chi connectivity index (χ2v) is 8.59. The van der Waals surface area contributed by atoms with Crippen LogP contribution in [0.1, 0.15) is 16.7 Å². The van der Waals surface area contributed by atoms with Crippen LogP contribution in [0.15, 0.2) is 47.1 Å². The average Bonchev–Trinajstić information content (AvgIpc) is 3.30. The molecule has 2 aromatic carbocycles. The lowest BCUT2D eigenvalue weighted by Gasteiger charge is -2.13. The Morgan fingerprint density at radius 3 is 2.62 bits per heavy atom. The van der Waals surface area contributed by atoms with E-state index in [1.807, 2.05) is 37.4 Å². The lowest BCUT2D eigenvalue weighted by Crippen LogP contribution is -2.13. The molecule has 1 aromatic heterocycles. The number of nitriles is 1. The summed E-state index contributed by atoms with van der Waals surface area (Å²) in [5.74, 6) is 1.24. The molecule has 1 N–H and O–H groups in total. The third-order valence-electron chi connectivity index (χ3n) is 4.76. The molecule has 1 amide bonds. The number of hydrogen-bond donors (Lipinski definition) is 1. The number of aryl methyl sites for hydroxylation is 2. The smallest absolute Gasteiger partial charge is 0.268 e. The second kappa shape index (κ2) is 12.1. The fraction of sp³-hybridized carbons (Fsp3) is 0.250. The number of aromatic nitrogens is 2. The molecule has 3 rings (SSSR count). The number of nitrogens with zero attached hydrogens (tertiary/aromatic N) is 3. The first-order chi connectivity index (χ1) is 16.4. The minimum atomic E-state index is -0.561. The summed E-state index contributed by atoms with van der Waals surface area (Å²) in [5, 5.41) is 12.9. The summed E-state index contributed by atoms with van der Waals surface area (Å²) in [7, 11) is 1.53. The molecule has 8 nitrogen and oxygen atoms in total. The molecular weight excluding hydrogens is 472 g/mol. The van der Waals surface area contributed by atoms with Gasteiger partial charge in [-0.25, -0.2) is 0 Å². The summed E-state index contributed by atoms with van der Waals surface area (Å²) in [6, 6.07) is 13.0. The zero-order valence-corrected chi connectivity index (χ0v) is 20.9. The Labute approximate surface area is 206 Å². The van der Waals surface area contributed by atoms with Crippen molar-refractivity contribution in [3.05, 3.63) is 58.7 Å². The average molecular weight is 497 g/mol. The third-order valence-corrected chi connectivity index (χ3v) is 6.06. The molecule has 0 saturated heterocycles. The van der Waals surface area contributed by atoms with Crippen LogP contribution in [0.25, 0.3) is 6.08 Å². The predicted molar refractivity (Wildman–Crippen MR) is 134 cm³/mol. The van der Waals surface area contributed by atoms with Crippen LogP contribution < -0.4 is 19.5 Å². The number of anilines is 1. The Kier molecular flexibility index (Phi) is 8.90. The van der Waals surface area contributed by atoms with Gasteiger partial charge in [-0.05, 0) is 67.1 Å². The molecule has 10 heteroatoms. The molecule has 176 valence electrons. The normalized spacial score (nSPS) is 11.0. The van der Waals surface area contributed by atoms with E-state index in [0.717, 1.165) is 17.3 Å². The Bertz CT molecular complexity index is 1230. The summed E-state index contributed by atoms with van der Waals surface area (Å²) < 4.78 is 21.0. The minimum Gasteiger partial charge on any atom is -0.493 e. The van der Waals surface area contributed by atoms with Gasteiger partial charge < -0.3 is 14.2 Å². The number of benzene rings is 2. The van der Waals surface area contributed by atoms with E-state index in [1.54, 1.807) is 18.2 Å². The van der Waals surface area contributed by atoms with E-state index in [4.69, 9.17) is 14.2 Å². The lowest BCUT2D eigenvalue weighted by atomic mass is 10.1. The van der Waals surface area contributed by atoms with Crippen LogP contribution in [0.3, 0.4) is 0 Å². The van der Waals surface area contributed by atoms with Crippen LogP contribution in [0.4, 0.5) is 5.13 Å². The van der Waals surface area contributed by atoms with E-state index in [2.05, 4.69) is 21.6 Å². The molecule has 0 unspecified atom stereocenters. The zero-order chi connectivity index (χ0) is 24.5. The molecule has 0 radical (unpaired) electrons. The van der Waals surface area contributed by atoms with Crippen LogP contribution in [0.2, 0.25) is 0 Å². The largest absolute Gasteiger partial charge is 0.493 e. The van der Waals surface area contributed by atoms with Gasteiger partial charge in [-0.3, -0.25) is 10.1 Å². The van der Waals surface area contributed by atoms with Gasteiger partial charge in [0.2, 0.25) is 10.3 Å². The maximum atomic E-state index is 12.5. The first kappa shape index (κ1) is 25.1. The molecule has 0 spiro atoms. The summed E-state index contributed by atoms with van der Waals surface area (Å²) in [5.41, 5.74) is 2.93. The Hall–Kier alpha value is -3.55. The number of hydrogen-bond acceptors (Lipinski definition) is 9. The van der Waals surface area contributed by atoms with Crippen molar-refractivity contribution in [1.29, 1.82) is 5.26 Å². The quantitative estimate of drug-likeness (QED) is 0.183. The fourth-order valence-electron chi connectivity index (χ4n) is 2.83. The van der Waals surface area contributed by atoms with Gasteiger partial charge in [0.25, 0.3) is 5.91 Å². The van der Waals surface area contributed by atoms with Gasteiger partial charge in [-0.15, -0.1) is 0 Å². The van der Waals surface area contributed by atoms with Crippen molar-refractivity contribution in [1.82, 2.24) is 9.36 Å². The molecule has 0 fully saturated rings. The fourth-order valence-corrected chi connectivity index (χ4v) is 3.95.